The van der Waals surface area contributed by atoms with Crippen molar-refractivity contribution in [3.63, 3.8) is 0 Å². The van der Waals surface area contributed by atoms with E-state index in [0.29, 0.717) is 33.9 Å². The third kappa shape index (κ3) is 3.28. The van der Waals surface area contributed by atoms with Crippen LogP contribution in [-0.4, -0.2) is 35.6 Å². The molecule has 2 aromatic rings. The normalized spacial score (nSPS) is 13.1. The topological polar surface area (TPSA) is 63.7 Å². The lowest BCUT2D eigenvalue weighted by atomic mass is 10.1. The van der Waals surface area contributed by atoms with Gasteiger partial charge in [-0.2, -0.15) is 0 Å². The molecule has 5 nitrogen and oxygen atoms in total. The van der Waals surface area contributed by atoms with Gasteiger partial charge in [0.25, 0.3) is 11.8 Å². The summed E-state index contributed by atoms with van der Waals surface area (Å²) in [6.07, 6.45) is 0.328. The molecule has 25 heavy (non-hydrogen) atoms. The first-order valence-corrected chi connectivity index (χ1v) is 8.31. The number of carbonyl (C=O) groups excluding carboxylic acids is 3. The second kappa shape index (κ2) is 7.07. The number of ketones is 1. The highest BCUT2D eigenvalue weighted by Gasteiger charge is 2.34. The number of carbonyl (C=O) groups is 3. The van der Waals surface area contributed by atoms with E-state index in [1.165, 1.54) is 0 Å². The van der Waals surface area contributed by atoms with Gasteiger partial charge in [0.05, 0.1) is 23.2 Å². The number of hydrogen-bond acceptors (Lipinski definition) is 4. The number of fused-ring (bicyclic) bond motifs is 1. The Balaban J connectivity index is 1.70. The molecule has 0 saturated carbocycles. The van der Waals surface area contributed by atoms with Crippen molar-refractivity contribution < 1.29 is 19.1 Å². The van der Waals surface area contributed by atoms with E-state index in [0.717, 1.165) is 4.90 Å². The van der Waals surface area contributed by atoms with E-state index in [1.54, 1.807) is 49.4 Å². The predicted molar refractivity (Wildman–Crippen MR) is 93.4 cm³/mol. The van der Waals surface area contributed by atoms with Crippen LogP contribution in [0.3, 0.4) is 0 Å². The minimum atomic E-state index is -0.329. The van der Waals surface area contributed by atoms with Gasteiger partial charge < -0.3 is 4.74 Å². The number of imide groups is 1. The molecule has 0 aromatic heterocycles. The second-order valence-corrected chi connectivity index (χ2v) is 6.01. The minimum Gasteiger partial charge on any atom is -0.491 e. The number of nitrogens with zero attached hydrogens (tertiary/aromatic N) is 1. The summed E-state index contributed by atoms with van der Waals surface area (Å²) in [5, 5.41) is 0.449. The average Bonchev–Trinajstić information content (AvgIpc) is 2.87. The summed E-state index contributed by atoms with van der Waals surface area (Å²) in [5.74, 6) is -0.346. The maximum Gasteiger partial charge on any atom is 0.261 e. The van der Waals surface area contributed by atoms with E-state index >= 15 is 0 Å². The molecule has 6 heteroatoms. The largest absolute Gasteiger partial charge is 0.491 e. The van der Waals surface area contributed by atoms with Crippen LogP contribution >= 0.6 is 11.6 Å². The summed E-state index contributed by atoms with van der Waals surface area (Å²) >= 11 is 5.94. The number of halogens is 1. The number of benzene rings is 2. The summed E-state index contributed by atoms with van der Waals surface area (Å²) in [5.41, 5.74) is 1.21. The average molecular weight is 358 g/mol. The Hall–Kier alpha value is -2.66. The van der Waals surface area contributed by atoms with E-state index in [1.807, 2.05) is 0 Å². The third-order valence-electron chi connectivity index (χ3n) is 4.01. The maximum atomic E-state index is 12.3. The lowest BCUT2D eigenvalue weighted by molar-refractivity contribution is 0.0630. The number of amides is 2. The van der Waals surface area contributed by atoms with Gasteiger partial charge in [-0.15, -0.1) is 0 Å². The Labute approximate surface area is 150 Å². The molecule has 128 valence electrons. The van der Waals surface area contributed by atoms with E-state index < -0.39 is 0 Å². The molecule has 2 amide bonds. The van der Waals surface area contributed by atoms with Gasteiger partial charge in [-0.05, 0) is 30.3 Å². The molecule has 3 rings (SSSR count). The summed E-state index contributed by atoms with van der Waals surface area (Å²) in [6, 6.07) is 11.5. The zero-order chi connectivity index (χ0) is 18.0. The predicted octanol–water partition coefficient (Wildman–Crippen LogP) is 3.61. The van der Waals surface area contributed by atoms with Crippen molar-refractivity contribution >= 4 is 29.2 Å². The standard InChI is InChI=1S/C19H16ClNO4/c1-2-16(22)15-11-12(20)7-8-17(15)25-10-9-21-18(23)13-5-3-4-6-14(13)19(21)24/h3-8,11H,2,9-10H2,1H3. The minimum absolute atomic E-state index is 0.0850. The van der Waals surface area contributed by atoms with Gasteiger partial charge in [-0.1, -0.05) is 30.7 Å². The summed E-state index contributed by atoms with van der Waals surface area (Å²) < 4.78 is 5.65. The first-order chi connectivity index (χ1) is 12.0. The Kier molecular flexibility index (Phi) is 4.86. The highest BCUT2D eigenvalue weighted by atomic mass is 35.5. The zero-order valence-electron chi connectivity index (χ0n) is 13.6. The van der Waals surface area contributed by atoms with E-state index in [4.69, 9.17) is 16.3 Å². The van der Waals surface area contributed by atoms with Crippen molar-refractivity contribution in [2.24, 2.45) is 0 Å². The SMILES string of the molecule is CCC(=O)c1cc(Cl)ccc1OCCN1C(=O)c2ccccc2C1=O. The summed E-state index contributed by atoms with van der Waals surface area (Å²) in [4.78, 5) is 37.7. The molecule has 0 fully saturated rings. The first-order valence-electron chi connectivity index (χ1n) is 7.93. The first kappa shape index (κ1) is 17.2. The molecular formula is C19H16ClNO4. The van der Waals surface area contributed by atoms with Crippen LogP contribution in [0.25, 0.3) is 0 Å². The molecule has 0 aliphatic carbocycles. The lowest BCUT2D eigenvalue weighted by Gasteiger charge is -2.16. The third-order valence-corrected chi connectivity index (χ3v) is 4.25. The van der Waals surface area contributed by atoms with Gasteiger partial charge in [0.1, 0.15) is 12.4 Å². The second-order valence-electron chi connectivity index (χ2n) is 5.57. The van der Waals surface area contributed by atoms with Crippen molar-refractivity contribution in [1.29, 1.82) is 0 Å². The van der Waals surface area contributed by atoms with E-state index in [2.05, 4.69) is 0 Å². The van der Waals surface area contributed by atoms with Crippen molar-refractivity contribution in [2.45, 2.75) is 13.3 Å². The van der Waals surface area contributed by atoms with E-state index in [-0.39, 0.29) is 30.7 Å². The molecule has 0 unspecified atom stereocenters. The van der Waals surface area contributed by atoms with Crippen molar-refractivity contribution in [2.75, 3.05) is 13.2 Å². The van der Waals surface area contributed by atoms with Crippen LogP contribution < -0.4 is 4.74 Å². The Bertz CT molecular complexity index is 827. The molecular weight excluding hydrogens is 342 g/mol. The maximum absolute atomic E-state index is 12.3. The van der Waals surface area contributed by atoms with Crippen molar-refractivity contribution in [3.05, 3.63) is 64.2 Å². The molecule has 0 saturated heterocycles. The lowest BCUT2D eigenvalue weighted by Crippen LogP contribution is -2.33. The molecule has 1 heterocycles. The Morgan fingerprint density at radius 2 is 1.72 bits per heavy atom. The van der Waals surface area contributed by atoms with Crippen LogP contribution in [0, 0.1) is 0 Å². The van der Waals surface area contributed by atoms with Gasteiger partial charge in [0.2, 0.25) is 0 Å². The Morgan fingerprint density at radius 1 is 1.08 bits per heavy atom. The summed E-state index contributed by atoms with van der Waals surface area (Å²) in [7, 11) is 0. The van der Waals surface area contributed by atoms with Crippen LogP contribution in [0.5, 0.6) is 5.75 Å². The molecule has 0 N–H and O–H groups in total. The molecule has 1 aliphatic rings. The van der Waals surface area contributed by atoms with Gasteiger partial charge in [-0.3, -0.25) is 19.3 Å². The molecule has 2 aromatic carbocycles. The number of ether oxygens (including phenoxy) is 1. The number of rotatable bonds is 6. The van der Waals surface area contributed by atoms with Crippen LogP contribution in [0.4, 0.5) is 0 Å². The zero-order valence-corrected chi connectivity index (χ0v) is 14.4. The van der Waals surface area contributed by atoms with Crippen molar-refractivity contribution in [3.8, 4) is 5.75 Å². The Morgan fingerprint density at radius 3 is 2.32 bits per heavy atom. The highest BCUT2D eigenvalue weighted by Crippen LogP contribution is 2.25. The molecule has 0 spiro atoms. The summed E-state index contributed by atoms with van der Waals surface area (Å²) in [6.45, 7) is 1.96. The molecule has 0 radical (unpaired) electrons. The van der Waals surface area contributed by atoms with Crippen LogP contribution in [0.2, 0.25) is 5.02 Å². The number of Topliss-reactive ketones (excluding diaryl/α,β-unsaturated/α-hetero) is 1. The van der Waals surface area contributed by atoms with Gasteiger partial charge in [0.15, 0.2) is 5.78 Å². The van der Waals surface area contributed by atoms with Crippen LogP contribution in [0.15, 0.2) is 42.5 Å². The van der Waals surface area contributed by atoms with Gasteiger partial charge >= 0.3 is 0 Å². The molecule has 0 atom stereocenters. The van der Waals surface area contributed by atoms with Gasteiger partial charge in [-0.25, -0.2) is 0 Å². The van der Waals surface area contributed by atoms with Crippen LogP contribution in [0.1, 0.15) is 44.4 Å². The monoisotopic (exact) mass is 357 g/mol. The molecule has 0 bridgehead atoms. The quantitative estimate of drug-likeness (QED) is 0.585. The molecule has 1 aliphatic heterocycles. The van der Waals surface area contributed by atoms with Crippen LogP contribution in [-0.2, 0) is 0 Å². The number of hydrogen-bond donors (Lipinski definition) is 0. The van der Waals surface area contributed by atoms with Crippen molar-refractivity contribution in [1.82, 2.24) is 4.90 Å². The smallest absolute Gasteiger partial charge is 0.261 e. The highest BCUT2D eigenvalue weighted by molar-refractivity contribution is 6.31. The van der Waals surface area contributed by atoms with Gasteiger partial charge in [0, 0.05) is 11.4 Å². The fraction of sp³-hybridized carbons (Fsp3) is 0.211. The fourth-order valence-corrected chi connectivity index (χ4v) is 2.90. The fourth-order valence-electron chi connectivity index (χ4n) is 2.73. The van der Waals surface area contributed by atoms with E-state index in [9.17, 15) is 14.4 Å².